The zero-order valence-electron chi connectivity index (χ0n) is 51.8. The maximum absolute atomic E-state index is 12.4. The molecule has 4 fully saturated rings. The normalized spacial score (nSPS) is 20.7. The maximum Gasteiger partial charge on any atom is 0.247 e. The van der Waals surface area contributed by atoms with Gasteiger partial charge in [0.2, 0.25) is 35.4 Å². The summed E-state index contributed by atoms with van der Waals surface area (Å²) in [5, 5.41) is 20.9. The fourth-order valence-corrected chi connectivity index (χ4v) is 13.3. The van der Waals surface area contributed by atoms with Gasteiger partial charge in [-0.15, -0.1) is 0 Å². The molecule has 7 N–H and O–H groups in total. The molecule has 3 atom stereocenters. The Bertz CT molecular complexity index is 2890. The minimum Gasteiger partial charge on any atom is -0.391 e. The lowest BCUT2D eigenvalue weighted by atomic mass is 9.93. The molecular formula is C65H94N12O8Si. The quantitative estimate of drug-likeness (QED) is 0.0336. The van der Waals surface area contributed by atoms with E-state index in [0.29, 0.717) is 31.5 Å². The molecule has 2 saturated heterocycles. The predicted octanol–water partition coefficient (Wildman–Crippen LogP) is 7.51. The van der Waals surface area contributed by atoms with Gasteiger partial charge in [-0.25, -0.2) is 0 Å². The van der Waals surface area contributed by atoms with Crippen molar-refractivity contribution in [3.05, 3.63) is 103 Å². The van der Waals surface area contributed by atoms with Gasteiger partial charge >= 0.3 is 0 Å². The van der Waals surface area contributed by atoms with Crippen LogP contribution in [0.15, 0.2) is 97.3 Å². The van der Waals surface area contributed by atoms with E-state index >= 15 is 0 Å². The smallest absolute Gasteiger partial charge is 0.247 e. The number of piperidine rings is 2. The first-order valence-electron chi connectivity index (χ1n) is 31.2. The van der Waals surface area contributed by atoms with E-state index < -0.39 is 26.4 Å². The number of nitrogens with zero attached hydrogens (tertiary/aromatic N) is 5. The summed E-state index contributed by atoms with van der Waals surface area (Å²) in [6, 6.07) is 26.2. The molecule has 6 amide bonds. The van der Waals surface area contributed by atoms with E-state index in [0.717, 1.165) is 97.5 Å². The van der Waals surface area contributed by atoms with E-state index in [-0.39, 0.29) is 60.5 Å². The lowest BCUT2D eigenvalue weighted by molar-refractivity contribution is -0.125. The summed E-state index contributed by atoms with van der Waals surface area (Å²) < 4.78 is 11.4. The van der Waals surface area contributed by atoms with Crippen molar-refractivity contribution in [3.63, 3.8) is 0 Å². The number of pyridine rings is 1. The average Bonchev–Trinajstić information content (AvgIpc) is 2.94. The van der Waals surface area contributed by atoms with Crippen LogP contribution in [0.1, 0.15) is 96.0 Å². The Kier molecular flexibility index (Phi) is 23.6. The van der Waals surface area contributed by atoms with Gasteiger partial charge in [0.25, 0.3) is 0 Å². The molecular weight excluding hydrogens is 1100 g/mol. The number of hydrogen-bond acceptors (Lipinski definition) is 14. The first kappa shape index (κ1) is 65.1. The summed E-state index contributed by atoms with van der Waals surface area (Å²) in [6.07, 6.45) is 16.6. The number of aromatic nitrogens is 1. The van der Waals surface area contributed by atoms with Gasteiger partial charge < -0.3 is 66.0 Å². The third-order valence-electron chi connectivity index (χ3n) is 17.0. The van der Waals surface area contributed by atoms with E-state index in [9.17, 15) is 28.8 Å². The van der Waals surface area contributed by atoms with Crippen molar-refractivity contribution in [3.8, 4) is 0 Å². The van der Waals surface area contributed by atoms with Gasteiger partial charge in [0.1, 0.15) is 18.1 Å². The number of fused-ring (bicyclic) bond motifs is 3. The number of hydrogen-bond donors (Lipinski definition) is 7. The molecule has 0 bridgehead atoms. The molecule has 1 aromatic heterocycles. The number of para-hydroxylation sites is 6. The zero-order valence-corrected chi connectivity index (χ0v) is 52.8. The molecule has 7 aliphatic rings. The minimum atomic E-state index is -1.39. The zero-order chi connectivity index (χ0) is 61.2. The number of rotatable bonds is 20. The molecule has 20 nitrogen and oxygen atoms in total. The van der Waals surface area contributed by atoms with Crippen LogP contribution in [0.3, 0.4) is 0 Å². The van der Waals surface area contributed by atoms with E-state index in [1.54, 1.807) is 12.4 Å². The Morgan fingerprint density at radius 1 is 0.581 bits per heavy atom. The Hall–Kier alpha value is -6.91. The van der Waals surface area contributed by atoms with Gasteiger partial charge in [0.15, 0.2) is 14.1 Å². The number of likely N-dealkylation sites (tertiary alicyclic amines) is 1. The van der Waals surface area contributed by atoms with Crippen LogP contribution in [0.25, 0.3) is 0 Å². The number of carbonyl (C=O) groups is 6. The topological polar surface area (TPSA) is 231 Å². The van der Waals surface area contributed by atoms with E-state index in [2.05, 4.69) is 66.7 Å². The highest BCUT2D eigenvalue weighted by atomic mass is 28.4. The lowest BCUT2D eigenvalue weighted by Crippen LogP contribution is -2.48. The maximum atomic E-state index is 12.4. The molecule has 0 spiro atoms. The monoisotopic (exact) mass is 1200 g/mol. The molecule has 11 rings (SSSR count). The van der Waals surface area contributed by atoms with Crippen LogP contribution in [0.4, 0.5) is 34.1 Å². The largest absolute Gasteiger partial charge is 0.391 e. The third-order valence-corrected chi connectivity index (χ3v) is 18.0. The first-order chi connectivity index (χ1) is 41.4. The summed E-state index contributed by atoms with van der Waals surface area (Å²) in [6.45, 7) is 15.9. The number of anilines is 6. The van der Waals surface area contributed by atoms with Crippen molar-refractivity contribution in [2.24, 2.45) is 11.8 Å². The van der Waals surface area contributed by atoms with Crippen LogP contribution in [0.2, 0.25) is 19.6 Å². The van der Waals surface area contributed by atoms with Crippen molar-refractivity contribution in [2.75, 3.05) is 104 Å². The molecule has 6 heterocycles. The number of benzene rings is 3. The molecule has 466 valence electrons. The van der Waals surface area contributed by atoms with Gasteiger partial charge in [0, 0.05) is 78.7 Å². The van der Waals surface area contributed by atoms with Gasteiger partial charge in [-0.1, -0.05) is 36.4 Å². The Morgan fingerprint density at radius 2 is 0.988 bits per heavy atom. The summed E-state index contributed by atoms with van der Waals surface area (Å²) in [4.78, 5) is 85.9. The molecule has 3 unspecified atom stereocenters. The van der Waals surface area contributed by atoms with E-state index in [1.807, 2.05) is 128 Å². The summed E-state index contributed by atoms with van der Waals surface area (Å²) >= 11 is 0. The minimum absolute atomic E-state index is 0.0446. The number of nitrogens with one attached hydrogen (secondary N) is 7. The molecule has 2 aliphatic carbocycles. The average molecular weight is 1200 g/mol. The number of amides is 6. The predicted molar refractivity (Wildman–Crippen MR) is 343 cm³/mol. The van der Waals surface area contributed by atoms with Crippen molar-refractivity contribution in [1.82, 2.24) is 31.2 Å². The van der Waals surface area contributed by atoms with Gasteiger partial charge in [-0.2, -0.15) is 0 Å². The van der Waals surface area contributed by atoms with Gasteiger partial charge in [-0.3, -0.25) is 33.8 Å². The molecule has 0 radical (unpaired) electrons. The molecule has 86 heavy (non-hydrogen) atoms. The molecule has 21 heteroatoms. The second-order valence-corrected chi connectivity index (χ2v) is 29.1. The highest BCUT2D eigenvalue weighted by Gasteiger charge is 2.48. The second kappa shape index (κ2) is 31.1. The Morgan fingerprint density at radius 3 is 1.38 bits per heavy atom. The molecule has 3 aromatic carbocycles. The lowest BCUT2D eigenvalue weighted by Gasteiger charge is -2.35. The van der Waals surface area contributed by atoms with Crippen LogP contribution in [0.5, 0.6) is 0 Å². The standard InChI is InChI=1S/C21H30N4O2.C18H26N4O2.C18H20N4O2.C8H18O2Si/c1-24-18-5-3-2-4-17(18)23-21(27)19(24)14-20(26)22-11-8-15-9-12-25(13-10-15)16-6-7-16;2*1-22-15-5-3-2-4-14(15)21-18(24)16(22)12-17(23)20-11-8-13-6-9-19-10-7-13;1-5-9-8(6-7-8)10-11(2,3)4/h2-5,15-16,19H,6-14H2,1H3,(H,22,26)(H,23,27);2-5,13,16,19H,6-12H2,1H3,(H,20,23)(H,21,24);2-7,9-10,16H,8,11-12H2,1H3,(H,20,23)(H,21,24);5-7H2,1-4H3. The SMILES string of the molecule is CCOC1(O[Si](C)(C)C)CC1.CN1c2ccccc2NC(=O)C1CC(=O)NCCC1CCN(C2CC2)CC1.CN1c2ccccc2NC(=O)C1CC(=O)NCCC1CCNCC1.CN1c2ccccc2NC(=O)C1CC(=O)NCCc1ccncc1. The van der Waals surface area contributed by atoms with Crippen LogP contribution in [-0.4, -0.2) is 157 Å². The summed E-state index contributed by atoms with van der Waals surface area (Å²) in [5.41, 5.74) is 6.33. The number of ether oxygens (including phenoxy) is 1. The van der Waals surface area contributed by atoms with Crippen molar-refractivity contribution in [2.45, 2.75) is 146 Å². The van der Waals surface area contributed by atoms with Crippen molar-refractivity contribution >= 4 is 77.9 Å². The van der Waals surface area contributed by atoms with E-state index in [4.69, 9.17) is 9.16 Å². The van der Waals surface area contributed by atoms with E-state index in [1.165, 1.54) is 51.6 Å². The second-order valence-electron chi connectivity index (χ2n) is 24.7. The summed E-state index contributed by atoms with van der Waals surface area (Å²) in [7, 11) is 4.19. The Balaban J connectivity index is 0.000000154. The highest BCUT2D eigenvalue weighted by molar-refractivity contribution is 6.69. The van der Waals surface area contributed by atoms with Crippen LogP contribution in [-0.2, 0) is 44.4 Å². The summed E-state index contributed by atoms with van der Waals surface area (Å²) in [5.74, 6) is 0.637. The highest BCUT2D eigenvalue weighted by Crippen LogP contribution is 2.43. The Labute approximate surface area is 510 Å². The fraction of sp³-hybridized carbons (Fsp3) is 0.554. The molecule has 2 saturated carbocycles. The van der Waals surface area contributed by atoms with Crippen LogP contribution < -0.4 is 51.9 Å². The number of carbonyl (C=O) groups excluding carboxylic acids is 6. The molecule has 4 aromatic rings. The first-order valence-corrected chi connectivity index (χ1v) is 34.7. The van der Waals surface area contributed by atoms with Crippen molar-refractivity contribution in [1.29, 1.82) is 0 Å². The van der Waals surface area contributed by atoms with Gasteiger partial charge in [-0.05, 0) is 176 Å². The third kappa shape index (κ3) is 19.3. The van der Waals surface area contributed by atoms with Crippen LogP contribution >= 0.6 is 0 Å². The molecule has 5 aliphatic heterocycles. The van der Waals surface area contributed by atoms with Crippen LogP contribution in [0, 0.1) is 11.8 Å². The fourth-order valence-electron chi connectivity index (χ4n) is 11.9. The number of likely N-dealkylation sites (N-methyl/N-ethyl adjacent to an activating group) is 3. The van der Waals surface area contributed by atoms with Crippen molar-refractivity contribution < 1.29 is 37.9 Å². The van der Waals surface area contributed by atoms with Gasteiger partial charge in [0.05, 0.1) is 53.4 Å².